The first-order chi connectivity index (χ1) is 14.7. The molecule has 1 saturated heterocycles. The second-order valence-electron chi connectivity index (χ2n) is 7.07. The first kappa shape index (κ1) is 20.1. The number of ether oxygens (including phenoxy) is 2. The Morgan fingerprint density at radius 1 is 1.03 bits per heavy atom. The lowest BCUT2D eigenvalue weighted by Gasteiger charge is -2.27. The number of rotatable bonds is 6. The van der Waals surface area contributed by atoms with Crippen molar-refractivity contribution in [3.63, 3.8) is 0 Å². The van der Waals surface area contributed by atoms with Crippen molar-refractivity contribution >= 4 is 5.97 Å². The highest BCUT2D eigenvalue weighted by molar-refractivity contribution is 5.92. The second kappa shape index (κ2) is 9.56. The van der Waals surface area contributed by atoms with Crippen molar-refractivity contribution < 1.29 is 14.3 Å². The molecule has 0 unspecified atom stereocenters. The van der Waals surface area contributed by atoms with Crippen molar-refractivity contribution in [1.82, 2.24) is 19.9 Å². The quantitative estimate of drug-likeness (QED) is 0.585. The van der Waals surface area contributed by atoms with Gasteiger partial charge < -0.3 is 9.47 Å². The average Bonchev–Trinajstić information content (AvgIpc) is 2.80. The maximum Gasteiger partial charge on any atom is 0.341 e. The summed E-state index contributed by atoms with van der Waals surface area (Å²) in [6, 6.07) is 15.6. The van der Waals surface area contributed by atoms with Crippen LogP contribution in [0.2, 0.25) is 0 Å². The van der Waals surface area contributed by atoms with Gasteiger partial charge in [-0.15, -0.1) is 0 Å². The lowest BCUT2D eigenvalue weighted by Crippen LogP contribution is -2.36. The Morgan fingerprint density at radius 2 is 1.77 bits per heavy atom. The number of hydrogen-bond donors (Lipinski definition) is 0. The van der Waals surface area contributed by atoms with E-state index in [2.05, 4.69) is 9.88 Å². The van der Waals surface area contributed by atoms with E-state index in [9.17, 15) is 4.79 Å². The molecule has 0 atom stereocenters. The number of benzene rings is 1. The first-order valence-electron chi connectivity index (χ1n) is 9.98. The van der Waals surface area contributed by atoms with Crippen LogP contribution < -0.4 is 0 Å². The molecule has 154 valence electrons. The number of esters is 1. The predicted octanol–water partition coefficient (Wildman–Crippen LogP) is 2.75. The van der Waals surface area contributed by atoms with E-state index in [0.29, 0.717) is 54.6 Å². The van der Waals surface area contributed by atoms with E-state index in [-0.39, 0.29) is 0 Å². The van der Waals surface area contributed by atoms with Crippen molar-refractivity contribution in [2.45, 2.75) is 13.0 Å². The normalized spacial score (nSPS) is 14.4. The SMILES string of the molecule is COC(=O)c1c(Cc2ccccc2)nc(-c2ccccn2)nc1CN1CCOCC1. The van der Waals surface area contributed by atoms with Gasteiger partial charge in [0.2, 0.25) is 0 Å². The zero-order valence-electron chi connectivity index (χ0n) is 17.0. The van der Waals surface area contributed by atoms with E-state index in [1.54, 1.807) is 6.20 Å². The smallest absolute Gasteiger partial charge is 0.341 e. The van der Waals surface area contributed by atoms with Crippen molar-refractivity contribution in [2.75, 3.05) is 33.4 Å². The average molecular weight is 404 g/mol. The van der Waals surface area contributed by atoms with Crippen LogP contribution >= 0.6 is 0 Å². The standard InChI is InChI=1S/C23H24N4O3/c1-29-23(28)21-19(15-17-7-3-2-4-8-17)25-22(18-9-5-6-10-24-18)26-20(21)16-27-11-13-30-14-12-27/h2-10H,11-16H2,1H3. The third kappa shape index (κ3) is 4.69. The summed E-state index contributed by atoms with van der Waals surface area (Å²) in [6.45, 7) is 3.44. The lowest BCUT2D eigenvalue weighted by atomic mass is 10.0. The molecule has 3 heterocycles. The third-order valence-corrected chi connectivity index (χ3v) is 5.03. The van der Waals surface area contributed by atoms with Gasteiger partial charge in [-0.2, -0.15) is 0 Å². The van der Waals surface area contributed by atoms with Crippen molar-refractivity contribution in [3.8, 4) is 11.5 Å². The van der Waals surface area contributed by atoms with Crippen LogP contribution in [0.3, 0.4) is 0 Å². The van der Waals surface area contributed by atoms with Crippen LogP contribution in [0.5, 0.6) is 0 Å². The molecular formula is C23H24N4O3. The minimum absolute atomic E-state index is 0.420. The molecule has 4 rings (SSSR count). The molecule has 0 bridgehead atoms. The van der Waals surface area contributed by atoms with Crippen LogP contribution in [0.1, 0.15) is 27.3 Å². The highest BCUT2D eigenvalue weighted by atomic mass is 16.5. The summed E-state index contributed by atoms with van der Waals surface area (Å²) in [4.78, 5) is 28.9. The molecule has 1 aliphatic rings. The Labute approximate surface area is 175 Å². The van der Waals surface area contributed by atoms with Crippen LogP contribution in [0.25, 0.3) is 11.5 Å². The monoisotopic (exact) mass is 404 g/mol. The van der Waals surface area contributed by atoms with E-state index in [1.807, 2.05) is 48.5 Å². The highest BCUT2D eigenvalue weighted by Gasteiger charge is 2.24. The highest BCUT2D eigenvalue weighted by Crippen LogP contribution is 2.23. The fourth-order valence-corrected chi connectivity index (χ4v) is 3.51. The summed E-state index contributed by atoms with van der Waals surface area (Å²) in [5.41, 5.74) is 3.47. The van der Waals surface area contributed by atoms with Gasteiger partial charge in [-0.05, 0) is 17.7 Å². The Hall–Kier alpha value is -3.16. The molecule has 1 fully saturated rings. The van der Waals surface area contributed by atoms with Gasteiger partial charge in [-0.1, -0.05) is 36.4 Å². The molecule has 0 aliphatic carbocycles. The number of aromatic nitrogens is 3. The summed E-state index contributed by atoms with van der Waals surface area (Å²) in [6.07, 6.45) is 2.22. The molecule has 2 aromatic heterocycles. The fraction of sp³-hybridized carbons (Fsp3) is 0.304. The summed E-state index contributed by atoms with van der Waals surface area (Å²) in [5.74, 6) is 0.0919. The number of hydrogen-bond acceptors (Lipinski definition) is 7. The van der Waals surface area contributed by atoms with E-state index in [1.165, 1.54) is 7.11 Å². The van der Waals surface area contributed by atoms with Gasteiger partial charge in [-0.3, -0.25) is 9.88 Å². The molecule has 1 aliphatic heterocycles. The minimum Gasteiger partial charge on any atom is -0.465 e. The molecule has 0 spiro atoms. The Morgan fingerprint density at radius 3 is 2.47 bits per heavy atom. The number of methoxy groups -OCH3 is 1. The van der Waals surface area contributed by atoms with Crippen LogP contribution in [0, 0.1) is 0 Å². The first-order valence-corrected chi connectivity index (χ1v) is 9.98. The van der Waals surface area contributed by atoms with Crippen LogP contribution in [0.15, 0.2) is 54.7 Å². The fourth-order valence-electron chi connectivity index (χ4n) is 3.51. The van der Waals surface area contributed by atoms with Gasteiger partial charge >= 0.3 is 5.97 Å². The minimum atomic E-state index is -0.420. The number of morpholine rings is 1. The number of nitrogens with zero attached hydrogens (tertiary/aromatic N) is 4. The van der Waals surface area contributed by atoms with Gasteiger partial charge in [-0.25, -0.2) is 14.8 Å². The Bertz CT molecular complexity index is 990. The summed E-state index contributed by atoms with van der Waals surface area (Å²) < 4.78 is 10.6. The van der Waals surface area contributed by atoms with E-state index in [0.717, 1.165) is 18.7 Å². The molecule has 0 N–H and O–H groups in total. The summed E-state index contributed by atoms with van der Waals surface area (Å²) in [5, 5.41) is 0. The maximum atomic E-state index is 12.8. The molecule has 3 aromatic rings. The zero-order chi connectivity index (χ0) is 20.8. The van der Waals surface area contributed by atoms with Gasteiger partial charge in [0.15, 0.2) is 5.82 Å². The van der Waals surface area contributed by atoms with Crippen LogP contribution in [-0.2, 0) is 22.4 Å². The number of carbonyl (C=O) groups is 1. The largest absolute Gasteiger partial charge is 0.465 e. The van der Waals surface area contributed by atoms with Crippen LogP contribution in [-0.4, -0.2) is 59.2 Å². The van der Waals surface area contributed by atoms with E-state index < -0.39 is 5.97 Å². The second-order valence-corrected chi connectivity index (χ2v) is 7.07. The molecule has 7 nitrogen and oxygen atoms in total. The Kier molecular flexibility index (Phi) is 6.41. The molecule has 7 heteroatoms. The van der Waals surface area contributed by atoms with Gasteiger partial charge in [0.1, 0.15) is 11.3 Å². The van der Waals surface area contributed by atoms with Gasteiger partial charge in [0.25, 0.3) is 0 Å². The van der Waals surface area contributed by atoms with Crippen molar-refractivity contribution in [2.24, 2.45) is 0 Å². The van der Waals surface area contributed by atoms with Crippen LogP contribution in [0.4, 0.5) is 0 Å². The number of carbonyl (C=O) groups excluding carboxylic acids is 1. The maximum absolute atomic E-state index is 12.8. The molecule has 0 amide bonds. The molecule has 0 saturated carbocycles. The topological polar surface area (TPSA) is 77.4 Å². The molecular weight excluding hydrogens is 380 g/mol. The Balaban J connectivity index is 1.81. The van der Waals surface area contributed by atoms with Crippen molar-refractivity contribution in [1.29, 1.82) is 0 Å². The molecule has 30 heavy (non-hydrogen) atoms. The van der Waals surface area contributed by atoms with E-state index >= 15 is 0 Å². The van der Waals surface area contributed by atoms with E-state index in [4.69, 9.17) is 19.4 Å². The zero-order valence-corrected chi connectivity index (χ0v) is 17.0. The van der Waals surface area contributed by atoms with Gasteiger partial charge in [0, 0.05) is 32.3 Å². The third-order valence-electron chi connectivity index (χ3n) is 5.03. The summed E-state index contributed by atoms with van der Waals surface area (Å²) >= 11 is 0. The molecule has 0 radical (unpaired) electrons. The number of pyridine rings is 1. The predicted molar refractivity (Wildman–Crippen MR) is 112 cm³/mol. The summed E-state index contributed by atoms with van der Waals surface area (Å²) in [7, 11) is 1.39. The van der Waals surface area contributed by atoms with Crippen molar-refractivity contribution in [3.05, 3.63) is 77.2 Å². The lowest BCUT2D eigenvalue weighted by molar-refractivity contribution is 0.0332. The van der Waals surface area contributed by atoms with Gasteiger partial charge in [0.05, 0.1) is 31.7 Å². The molecule has 1 aromatic carbocycles.